The van der Waals surface area contributed by atoms with E-state index < -0.39 is 0 Å². The predicted octanol–water partition coefficient (Wildman–Crippen LogP) is 3.13. The molecule has 2 heterocycles. The molecule has 0 aliphatic heterocycles. The van der Waals surface area contributed by atoms with Crippen molar-refractivity contribution in [2.45, 2.75) is 13.3 Å². The van der Waals surface area contributed by atoms with Gasteiger partial charge in [0, 0.05) is 13.3 Å². The predicted molar refractivity (Wildman–Crippen MR) is 65.6 cm³/mol. The number of furan rings is 1. The van der Waals surface area contributed by atoms with Crippen LogP contribution in [-0.4, -0.2) is 11.3 Å². The average Bonchev–Trinajstić information content (AvgIpc) is 2.94. The fourth-order valence-corrected chi connectivity index (χ4v) is 1.95. The molecule has 18 heavy (non-hydrogen) atoms. The number of aromatic nitrogens is 1. The monoisotopic (exact) mass is 241 g/mol. The van der Waals surface area contributed by atoms with Gasteiger partial charge in [-0.15, -0.1) is 0 Å². The van der Waals surface area contributed by atoms with Crippen LogP contribution in [0.2, 0.25) is 0 Å². The maximum Gasteiger partial charge on any atom is 0.192 e. The first-order valence-corrected chi connectivity index (χ1v) is 5.64. The molecule has 0 unspecified atom stereocenters. The summed E-state index contributed by atoms with van der Waals surface area (Å²) in [6.07, 6.45) is 1.34. The number of oxazole rings is 1. The van der Waals surface area contributed by atoms with Gasteiger partial charge in [0.2, 0.25) is 0 Å². The Morgan fingerprint density at radius 1 is 1.22 bits per heavy atom. The number of benzene rings is 1. The van der Waals surface area contributed by atoms with Gasteiger partial charge in [0.15, 0.2) is 23.5 Å². The number of nitrogens with zero attached hydrogens (tertiary/aromatic N) is 1. The number of carbonyl (C=O) groups excluding carboxylic acids is 1. The molecule has 3 rings (SSSR count). The van der Waals surface area contributed by atoms with Crippen LogP contribution in [0.3, 0.4) is 0 Å². The maximum absolute atomic E-state index is 10.5. The van der Waals surface area contributed by atoms with Gasteiger partial charge >= 0.3 is 0 Å². The van der Waals surface area contributed by atoms with E-state index in [4.69, 9.17) is 8.83 Å². The van der Waals surface area contributed by atoms with Crippen LogP contribution in [0, 0.1) is 6.92 Å². The lowest BCUT2D eigenvalue weighted by Gasteiger charge is -1.97. The first-order valence-electron chi connectivity index (χ1n) is 5.64. The van der Waals surface area contributed by atoms with Gasteiger partial charge in [0.1, 0.15) is 11.3 Å². The molecule has 0 aliphatic carbocycles. The van der Waals surface area contributed by atoms with Gasteiger partial charge in [0.25, 0.3) is 0 Å². The van der Waals surface area contributed by atoms with Crippen molar-refractivity contribution in [3.05, 3.63) is 53.3 Å². The standard InChI is InChI=1S/C14H11NO3/c1-9-15-13-7-10(2-5-14(13)17-9)6-11-3-4-12(8-16)18-11/h2-5,7-8H,6H2,1H3. The summed E-state index contributed by atoms with van der Waals surface area (Å²) in [7, 11) is 0. The molecule has 0 N–H and O–H groups in total. The van der Waals surface area contributed by atoms with Crippen molar-refractivity contribution in [3.8, 4) is 0 Å². The highest BCUT2D eigenvalue weighted by molar-refractivity contribution is 5.73. The summed E-state index contributed by atoms with van der Waals surface area (Å²) in [5, 5.41) is 0. The zero-order valence-corrected chi connectivity index (χ0v) is 9.84. The van der Waals surface area contributed by atoms with Crippen molar-refractivity contribution >= 4 is 17.4 Å². The summed E-state index contributed by atoms with van der Waals surface area (Å²) in [6.45, 7) is 1.82. The molecule has 0 aliphatic rings. The molecule has 3 aromatic rings. The van der Waals surface area contributed by atoms with Crippen LogP contribution in [0.25, 0.3) is 11.1 Å². The fraction of sp³-hybridized carbons (Fsp3) is 0.143. The second kappa shape index (κ2) is 4.14. The van der Waals surface area contributed by atoms with E-state index in [1.165, 1.54) is 0 Å². The van der Waals surface area contributed by atoms with Crippen molar-refractivity contribution < 1.29 is 13.6 Å². The Hall–Kier alpha value is -2.36. The zero-order valence-electron chi connectivity index (χ0n) is 9.84. The maximum atomic E-state index is 10.5. The third-order valence-corrected chi connectivity index (χ3v) is 2.74. The van der Waals surface area contributed by atoms with Crippen LogP contribution in [0.15, 0.2) is 39.2 Å². The minimum Gasteiger partial charge on any atom is -0.458 e. The lowest BCUT2D eigenvalue weighted by molar-refractivity contribution is 0.109. The Balaban J connectivity index is 1.91. The molecular weight excluding hydrogens is 230 g/mol. The smallest absolute Gasteiger partial charge is 0.192 e. The second-order valence-electron chi connectivity index (χ2n) is 4.13. The minimum absolute atomic E-state index is 0.350. The van der Waals surface area contributed by atoms with Crippen LogP contribution < -0.4 is 0 Å². The minimum atomic E-state index is 0.350. The van der Waals surface area contributed by atoms with Crippen LogP contribution >= 0.6 is 0 Å². The first-order chi connectivity index (χ1) is 8.74. The Kier molecular flexibility index (Phi) is 2.48. The van der Waals surface area contributed by atoms with Gasteiger partial charge in [0.05, 0.1) is 0 Å². The van der Waals surface area contributed by atoms with Crippen molar-refractivity contribution in [1.29, 1.82) is 0 Å². The highest BCUT2D eigenvalue weighted by Crippen LogP contribution is 2.19. The number of rotatable bonds is 3. The highest BCUT2D eigenvalue weighted by atomic mass is 16.3. The van der Waals surface area contributed by atoms with Gasteiger partial charge in [-0.1, -0.05) is 6.07 Å². The Morgan fingerprint density at radius 3 is 2.89 bits per heavy atom. The van der Waals surface area contributed by atoms with Gasteiger partial charge in [-0.05, 0) is 29.8 Å². The Labute approximate surface area is 103 Å². The topological polar surface area (TPSA) is 56.2 Å². The SMILES string of the molecule is Cc1nc2cc(Cc3ccc(C=O)o3)ccc2o1. The molecule has 0 saturated heterocycles. The van der Waals surface area contributed by atoms with Crippen LogP contribution in [0.1, 0.15) is 27.8 Å². The number of aryl methyl sites for hydroxylation is 1. The first kappa shape index (κ1) is 10.8. The molecule has 0 spiro atoms. The van der Waals surface area contributed by atoms with Crippen molar-refractivity contribution in [1.82, 2.24) is 4.98 Å². The molecule has 1 aromatic carbocycles. The largest absolute Gasteiger partial charge is 0.458 e. The van der Waals surface area contributed by atoms with E-state index >= 15 is 0 Å². The van der Waals surface area contributed by atoms with Crippen LogP contribution in [0.5, 0.6) is 0 Å². The molecule has 0 fully saturated rings. The van der Waals surface area contributed by atoms with Gasteiger partial charge in [-0.25, -0.2) is 4.98 Å². The van der Waals surface area contributed by atoms with Crippen molar-refractivity contribution in [2.75, 3.05) is 0 Å². The molecule has 90 valence electrons. The number of aldehydes is 1. The number of carbonyl (C=O) groups is 1. The number of hydrogen-bond acceptors (Lipinski definition) is 4. The molecule has 0 atom stereocenters. The van der Waals surface area contributed by atoms with Crippen molar-refractivity contribution in [3.63, 3.8) is 0 Å². The second-order valence-corrected chi connectivity index (χ2v) is 4.13. The number of hydrogen-bond donors (Lipinski definition) is 0. The van der Waals surface area contributed by atoms with Crippen LogP contribution in [0.4, 0.5) is 0 Å². The fourth-order valence-electron chi connectivity index (χ4n) is 1.95. The Bertz CT molecular complexity index is 709. The van der Waals surface area contributed by atoms with E-state index in [1.54, 1.807) is 6.07 Å². The quantitative estimate of drug-likeness (QED) is 0.661. The molecule has 2 aromatic heterocycles. The van der Waals surface area contributed by atoms with E-state index in [2.05, 4.69) is 4.98 Å². The van der Waals surface area contributed by atoms with Crippen LogP contribution in [-0.2, 0) is 6.42 Å². The van der Waals surface area contributed by atoms with Crippen molar-refractivity contribution in [2.24, 2.45) is 0 Å². The summed E-state index contributed by atoms with van der Waals surface area (Å²) in [6, 6.07) is 9.31. The average molecular weight is 241 g/mol. The lowest BCUT2D eigenvalue weighted by atomic mass is 10.1. The van der Waals surface area contributed by atoms with Gasteiger partial charge in [-0.3, -0.25) is 4.79 Å². The molecule has 0 amide bonds. The van der Waals surface area contributed by atoms with E-state index in [0.717, 1.165) is 22.4 Å². The van der Waals surface area contributed by atoms with Gasteiger partial charge < -0.3 is 8.83 Å². The normalized spacial score (nSPS) is 10.9. The molecular formula is C14H11NO3. The summed E-state index contributed by atoms with van der Waals surface area (Å²) in [5.41, 5.74) is 2.69. The van der Waals surface area contributed by atoms with E-state index in [9.17, 15) is 4.79 Å². The molecule has 0 saturated carbocycles. The summed E-state index contributed by atoms with van der Waals surface area (Å²) < 4.78 is 10.8. The van der Waals surface area contributed by atoms with E-state index in [0.29, 0.717) is 24.4 Å². The molecule has 0 bridgehead atoms. The summed E-state index contributed by atoms with van der Waals surface area (Å²) >= 11 is 0. The number of fused-ring (bicyclic) bond motifs is 1. The third kappa shape index (κ3) is 1.93. The summed E-state index contributed by atoms with van der Waals surface area (Å²) in [5.74, 6) is 1.77. The molecule has 4 heteroatoms. The Morgan fingerprint density at radius 2 is 2.11 bits per heavy atom. The molecule has 0 radical (unpaired) electrons. The highest BCUT2D eigenvalue weighted by Gasteiger charge is 2.06. The lowest BCUT2D eigenvalue weighted by Crippen LogP contribution is -1.85. The third-order valence-electron chi connectivity index (χ3n) is 2.74. The van der Waals surface area contributed by atoms with E-state index in [1.807, 2.05) is 31.2 Å². The zero-order chi connectivity index (χ0) is 12.5. The van der Waals surface area contributed by atoms with Gasteiger partial charge in [-0.2, -0.15) is 0 Å². The summed E-state index contributed by atoms with van der Waals surface area (Å²) in [4.78, 5) is 14.8. The van der Waals surface area contributed by atoms with E-state index in [-0.39, 0.29) is 0 Å². The molecule has 4 nitrogen and oxygen atoms in total.